The Labute approximate surface area is 185 Å². The SMILES string of the molecule is CNS(=O)(=O)c1ccc(C(CN2CCCC2)N(C)C(=O)Cc2ccccc2)cc1.Cl. The monoisotopic (exact) mass is 451 g/mol. The number of hydrogen-bond donors (Lipinski definition) is 1. The van der Waals surface area contributed by atoms with Crippen LogP contribution < -0.4 is 4.72 Å². The highest BCUT2D eigenvalue weighted by molar-refractivity contribution is 7.89. The summed E-state index contributed by atoms with van der Waals surface area (Å²) in [6.45, 7) is 2.81. The van der Waals surface area contributed by atoms with Gasteiger partial charge in [0.15, 0.2) is 0 Å². The highest BCUT2D eigenvalue weighted by atomic mass is 35.5. The van der Waals surface area contributed by atoms with Gasteiger partial charge in [-0.3, -0.25) is 4.79 Å². The van der Waals surface area contributed by atoms with Crippen LogP contribution in [0.5, 0.6) is 0 Å². The Bertz CT molecular complexity index is 914. The molecule has 1 unspecified atom stereocenters. The molecule has 0 bridgehead atoms. The van der Waals surface area contributed by atoms with Crippen LogP contribution in [-0.4, -0.2) is 57.9 Å². The first kappa shape index (κ1) is 24.3. The number of nitrogens with zero attached hydrogens (tertiary/aromatic N) is 2. The first-order valence-electron chi connectivity index (χ1n) is 9.96. The van der Waals surface area contributed by atoms with E-state index in [1.165, 1.54) is 19.9 Å². The van der Waals surface area contributed by atoms with Crippen molar-refractivity contribution in [1.82, 2.24) is 14.5 Å². The molecule has 2 aromatic rings. The van der Waals surface area contributed by atoms with E-state index in [1.54, 1.807) is 17.0 Å². The van der Waals surface area contributed by atoms with Crippen LogP contribution in [0.2, 0.25) is 0 Å². The van der Waals surface area contributed by atoms with E-state index >= 15 is 0 Å². The van der Waals surface area contributed by atoms with Crippen LogP contribution in [0.3, 0.4) is 0 Å². The Kier molecular flexibility index (Phi) is 8.85. The summed E-state index contributed by atoms with van der Waals surface area (Å²) in [4.78, 5) is 17.4. The fourth-order valence-corrected chi connectivity index (χ4v) is 4.45. The summed E-state index contributed by atoms with van der Waals surface area (Å²) in [5.74, 6) is 0.0484. The summed E-state index contributed by atoms with van der Waals surface area (Å²) in [5, 5.41) is 0. The van der Waals surface area contributed by atoms with Crippen molar-refractivity contribution < 1.29 is 13.2 Å². The van der Waals surface area contributed by atoms with Crippen LogP contribution in [0, 0.1) is 0 Å². The summed E-state index contributed by atoms with van der Waals surface area (Å²) in [5.41, 5.74) is 1.93. The maximum absolute atomic E-state index is 13.0. The lowest BCUT2D eigenvalue weighted by molar-refractivity contribution is -0.131. The number of hydrogen-bond acceptors (Lipinski definition) is 4. The number of likely N-dealkylation sites (N-methyl/N-ethyl adjacent to an activating group) is 1. The van der Waals surface area contributed by atoms with Gasteiger partial charge < -0.3 is 9.80 Å². The summed E-state index contributed by atoms with van der Waals surface area (Å²) in [7, 11) is -0.245. The zero-order chi connectivity index (χ0) is 20.9. The molecule has 1 N–H and O–H groups in total. The molecule has 6 nitrogen and oxygen atoms in total. The second-order valence-electron chi connectivity index (χ2n) is 7.47. The number of carbonyl (C=O) groups is 1. The van der Waals surface area contributed by atoms with Gasteiger partial charge >= 0.3 is 0 Å². The molecule has 0 saturated carbocycles. The Balaban J connectivity index is 0.00000320. The molecule has 1 fully saturated rings. The number of rotatable bonds is 8. The molecule has 1 aliphatic rings. The minimum atomic E-state index is -3.48. The minimum Gasteiger partial charge on any atom is -0.337 e. The summed E-state index contributed by atoms with van der Waals surface area (Å²) in [6.07, 6.45) is 2.70. The number of likely N-dealkylation sites (tertiary alicyclic amines) is 1. The molecule has 2 aromatic carbocycles. The van der Waals surface area contributed by atoms with Gasteiger partial charge in [0.2, 0.25) is 15.9 Å². The number of halogens is 1. The lowest BCUT2D eigenvalue weighted by Crippen LogP contribution is -2.39. The molecular formula is C22H30ClN3O3S. The van der Waals surface area contributed by atoms with Crippen LogP contribution in [0.15, 0.2) is 59.5 Å². The molecule has 1 heterocycles. The maximum Gasteiger partial charge on any atom is 0.240 e. The molecule has 0 aliphatic carbocycles. The van der Waals surface area contributed by atoms with Crippen molar-refractivity contribution >= 4 is 28.3 Å². The molecule has 0 spiro atoms. The topological polar surface area (TPSA) is 69.7 Å². The van der Waals surface area contributed by atoms with E-state index in [9.17, 15) is 13.2 Å². The van der Waals surface area contributed by atoms with Gasteiger partial charge in [-0.1, -0.05) is 42.5 Å². The van der Waals surface area contributed by atoms with E-state index in [1.807, 2.05) is 49.5 Å². The Hall–Kier alpha value is -1.93. The number of nitrogens with one attached hydrogen (secondary N) is 1. The lowest BCUT2D eigenvalue weighted by Gasteiger charge is -2.32. The van der Waals surface area contributed by atoms with Crippen LogP contribution in [-0.2, 0) is 21.2 Å². The molecule has 0 aromatic heterocycles. The third-order valence-corrected chi connectivity index (χ3v) is 6.96. The molecule has 1 amide bonds. The molecule has 1 atom stereocenters. The highest BCUT2D eigenvalue weighted by Crippen LogP contribution is 2.25. The second-order valence-corrected chi connectivity index (χ2v) is 9.35. The fraction of sp³-hybridized carbons (Fsp3) is 0.409. The third kappa shape index (κ3) is 6.04. The minimum absolute atomic E-state index is 0. The van der Waals surface area contributed by atoms with Crippen molar-refractivity contribution in [3.8, 4) is 0 Å². The van der Waals surface area contributed by atoms with Gasteiger partial charge in [-0.05, 0) is 56.2 Å². The largest absolute Gasteiger partial charge is 0.337 e. The molecule has 1 aliphatic heterocycles. The predicted molar refractivity (Wildman–Crippen MR) is 121 cm³/mol. The van der Waals surface area contributed by atoms with E-state index in [0.717, 1.165) is 30.8 Å². The molecule has 8 heteroatoms. The van der Waals surface area contributed by atoms with Crippen LogP contribution >= 0.6 is 12.4 Å². The third-order valence-electron chi connectivity index (χ3n) is 5.53. The van der Waals surface area contributed by atoms with E-state index in [4.69, 9.17) is 0 Å². The Morgan fingerprint density at radius 2 is 1.67 bits per heavy atom. The Morgan fingerprint density at radius 1 is 1.07 bits per heavy atom. The van der Waals surface area contributed by atoms with Crippen molar-refractivity contribution in [3.63, 3.8) is 0 Å². The van der Waals surface area contributed by atoms with E-state index < -0.39 is 10.0 Å². The summed E-state index contributed by atoms with van der Waals surface area (Å²) >= 11 is 0. The van der Waals surface area contributed by atoms with Crippen molar-refractivity contribution in [3.05, 3.63) is 65.7 Å². The van der Waals surface area contributed by atoms with Crippen molar-refractivity contribution in [2.24, 2.45) is 0 Å². The van der Waals surface area contributed by atoms with E-state index in [0.29, 0.717) is 6.42 Å². The van der Waals surface area contributed by atoms with Gasteiger partial charge in [0.25, 0.3) is 0 Å². The van der Waals surface area contributed by atoms with Crippen LogP contribution in [0.25, 0.3) is 0 Å². The van der Waals surface area contributed by atoms with Gasteiger partial charge in [0.1, 0.15) is 0 Å². The Morgan fingerprint density at radius 3 is 2.23 bits per heavy atom. The van der Waals surface area contributed by atoms with Crippen LogP contribution in [0.4, 0.5) is 0 Å². The van der Waals surface area contributed by atoms with Crippen molar-refractivity contribution in [1.29, 1.82) is 0 Å². The summed E-state index contributed by atoms with van der Waals surface area (Å²) < 4.78 is 26.4. The highest BCUT2D eigenvalue weighted by Gasteiger charge is 2.26. The molecular weight excluding hydrogens is 422 g/mol. The normalized spacial score (nSPS) is 15.4. The number of sulfonamides is 1. The molecule has 3 rings (SSSR count). The number of carbonyl (C=O) groups excluding carboxylic acids is 1. The quantitative estimate of drug-likeness (QED) is 0.670. The standard InChI is InChI=1S/C22H29N3O3S.ClH/c1-23-29(27,28)20-12-10-19(11-13-20)21(17-25-14-6-7-15-25)24(2)22(26)16-18-8-4-3-5-9-18;/h3-5,8-13,21,23H,6-7,14-17H2,1-2H3;1H. The predicted octanol–water partition coefficient (Wildman–Crippen LogP) is 2.85. The first-order chi connectivity index (χ1) is 13.9. The second kappa shape index (κ2) is 10.9. The van der Waals surface area contributed by atoms with Gasteiger partial charge in [0, 0.05) is 13.6 Å². The molecule has 0 radical (unpaired) electrons. The maximum atomic E-state index is 13.0. The molecule has 164 valence electrons. The average molecular weight is 452 g/mol. The van der Waals surface area contributed by atoms with Gasteiger partial charge in [-0.15, -0.1) is 12.4 Å². The first-order valence-corrected chi connectivity index (χ1v) is 11.4. The molecule has 30 heavy (non-hydrogen) atoms. The van der Waals surface area contributed by atoms with Crippen LogP contribution in [0.1, 0.15) is 30.0 Å². The number of amides is 1. The lowest BCUT2D eigenvalue weighted by atomic mass is 10.0. The van der Waals surface area contributed by atoms with Gasteiger partial charge in [-0.2, -0.15) is 0 Å². The fourth-order valence-electron chi connectivity index (χ4n) is 3.72. The smallest absolute Gasteiger partial charge is 0.240 e. The molecule has 1 saturated heterocycles. The van der Waals surface area contributed by atoms with Crippen molar-refractivity contribution in [2.45, 2.75) is 30.2 Å². The summed E-state index contributed by atoms with van der Waals surface area (Å²) in [6, 6.07) is 16.4. The van der Waals surface area contributed by atoms with Gasteiger partial charge in [0.05, 0.1) is 17.4 Å². The van der Waals surface area contributed by atoms with E-state index in [2.05, 4.69) is 9.62 Å². The van der Waals surface area contributed by atoms with Crippen molar-refractivity contribution in [2.75, 3.05) is 33.7 Å². The van der Waals surface area contributed by atoms with E-state index in [-0.39, 0.29) is 29.3 Å². The zero-order valence-electron chi connectivity index (χ0n) is 17.5. The zero-order valence-corrected chi connectivity index (χ0v) is 19.1. The average Bonchev–Trinajstić information content (AvgIpc) is 3.25. The van der Waals surface area contributed by atoms with Gasteiger partial charge in [-0.25, -0.2) is 13.1 Å². The number of benzene rings is 2.